The first-order valence-electron chi connectivity index (χ1n) is 5.74. The quantitative estimate of drug-likeness (QED) is 0.853. The van der Waals surface area contributed by atoms with Gasteiger partial charge in [0.05, 0.1) is 6.61 Å². The SMILES string of the molecule is O=S(=O)(Cc1ccccc1)OCc1ccc(O)cc1. The number of rotatable bonds is 5. The molecule has 0 saturated carbocycles. The maximum absolute atomic E-state index is 11.8. The Hall–Kier alpha value is -1.85. The molecule has 19 heavy (non-hydrogen) atoms. The van der Waals surface area contributed by atoms with E-state index in [1.807, 2.05) is 6.07 Å². The van der Waals surface area contributed by atoms with E-state index >= 15 is 0 Å². The van der Waals surface area contributed by atoms with Crippen molar-refractivity contribution in [2.75, 3.05) is 0 Å². The highest BCUT2D eigenvalue weighted by Crippen LogP contribution is 2.13. The lowest BCUT2D eigenvalue weighted by molar-refractivity contribution is 0.307. The van der Waals surface area contributed by atoms with Crippen LogP contribution in [0.1, 0.15) is 11.1 Å². The molecule has 0 bridgehead atoms. The van der Waals surface area contributed by atoms with Gasteiger partial charge in [-0.3, -0.25) is 4.18 Å². The number of benzene rings is 2. The maximum Gasteiger partial charge on any atom is 0.271 e. The van der Waals surface area contributed by atoms with Gasteiger partial charge in [-0.05, 0) is 23.3 Å². The second kappa shape index (κ2) is 5.86. The normalized spacial score (nSPS) is 11.4. The van der Waals surface area contributed by atoms with Crippen molar-refractivity contribution in [2.24, 2.45) is 0 Å². The van der Waals surface area contributed by atoms with Crippen molar-refractivity contribution >= 4 is 10.1 Å². The minimum Gasteiger partial charge on any atom is -0.508 e. The Morgan fingerprint density at radius 3 is 2.16 bits per heavy atom. The highest BCUT2D eigenvalue weighted by atomic mass is 32.2. The second-order valence-electron chi connectivity index (χ2n) is 4.12. The number of phenols is 1. The average Bonchev–Trinajstić information content (AvgIpc) is 2.39. The summed E-state index contributed by atoms with van der Waals surface area (Å²) in [7, 11) is -3.61. The largest absolute Gasteiger partial charge is 0.508 e. The van der Waals surface area contributed by atoms with E-state index in [4.69, 9.17) is 9.29 Å². The van der Waals surface area contributed by atoms with Crippen molar-refractivity contribution in [1.82, 2.24) is 0 Å². The third-order valence-corrected chi connectivity index (χ3v) is 3.69. The predicted molar refractivity (Wildman–Crippen MR) is 72.0 cm³/mol. The van der Waals surface area contributed by atoms with Gasteiger partial charge in [0, 0.05) is 0 Å². The standard InChI is InChI=1S/C14H14O4S/c15-14-8-6-12(7-9-14)10-18-19(16,17)11-13-4-2-1-3-5-13/h1-9,15H,10-11H2. The molecule has 1 N–H and O–H groups in total. The minimum absolute atomic E-state index is 0.0323. The van der Waals surface area contributed by atoms with Gasteiger partial charge in [0.15, 0.2) is 0 Å². The molecule has 0 spiro atoms. The molecule has 2 rings (SSSR count). The van der Waals surface area contributed by atoms with Crippen LogP contribution in [0.4, 0.5) is 0 Å². The molecule has 0 amide bonds. The Kier molecular flexibility index (Phi) is 4.19. The Balaban J connectivity index is 1.96. The van der Waals surface area contributed by atoms with Crippen molar-refractivity contribution < 1.29 is 17.7 Å². The fourth-order valence-electron chi connectivity index (χ4n) is 1.57. The van der Waals surface area contributed by atoms with Gasteiger partial charge in [0.2, 0.25) is 0 Å². The Labute approximate surface area is 112 Å². The molecule has 0 aromatic heterocycles. The molecular formula is C14H14O4S. The van der Waals surface area contributed by atoms with Crippen LogP contribution < -0.4 is 0 Å². The van der Waals surface area contributed by atoms with E-state index in [0.29, 0.717) is 11.1 Å². The van der Waals surface area contributed by atoms with E-state index < -0.39 is 10.1 Å². The Morgan fingerprint density at radius 1 is 0.895 bits per heavy atom. The molecule has 4 nitrogen and oxygen atoms in total. The van der Waals surface area contributed by atoms with Crippen LogP contribution in [0, 0.1) is 0 Å². The number of hydrogen-bond acceptors (Lipinski definition) is 4. The predicted octanol–water partition coefficient (Wildman–Crippen LogP) is 2.44. The van der Waals surface area contributed by atoms with Gasteiger partial charge in [-0.25, -0.2) is 0 Å². The zero-order chi connectivity index (χ0) is 13.7. The lowest BCUT2D eigenvalue weighted by Crippen LogP contribution is -2.08. The molecule has 0 fully saturated rings. The van der Waals surface area contributed by atoms with Crippen LogP contribution in [0.15, 0.2) is 54.6 Å². The van der Waals surface area contributed by atoms with E-state index in [1.165, 1.54) is 12.1 Å². The zero-order valence-electron chi connectivity index (χ0n) is 10.2. The molecule has 2 aromatic rings. The lowest BCUT2D eigenvalue weighted by atomic mass is 10.2. The van der Waals surface area contributed by atoms with E-state index in [9.17, 15) is 8.42 Å². The van der Waals surface area contributed by atoms with E-state index in [1.54, 1.807) is 36.4 Å². The van der Waals surface area contributed by atoms with Gasteiger partial charge in [0.25, 0.3) is 10.1 Å². The second-order valence-corrected chi connectivity index (χ2v) is 5.76. The van der Waals surface area contributed by atoms with Gasteiger partial charge in [0.1, 0.15) is 11.5 Å². The van der Waals surface area contributed by atoms with Crippen molar-refractivity contribution in [3.8, 4) is 5.75 Å². The van der Waals surface area contributed by atoms with Crippen LogP contribution in [0.3, 0.4) is 0 Å². The Bertz CT molecular complexity index is 618. The molecule has 0 aliphatic rings. The Morgan fingerprint density at radius 2 is 1.53 bits per heavy atom. The van der Waals surface area contributed by atoms with Gasteiger partial charge in [-0.2, -0.15) is 8.42 Å². The zero-order valence-corrected chi connectivity index (χ0v) is 11.0. The molecule has 0 atom stereocenters. The van der Waals surface area contributed by atoms with Crippen molar-refractivity contribution in [1.29, 1.82) is 0 Å². The third kappa shape index (κ3) is 4.39. The first-order valence-corrected chi connectivity index (χ1v) is 7.32. The maximum atomic E-state index is 11.8. The average molecular weight is 278 g/mol. The first-order chi connectivity index (χ1) is 9.05. The fraction of sp³-hybridized carbons (Fsp3) is 0.143. The summed E-state index contributed by atoms with van der Waals surface area (Å²) in [6, 6.07) is 15.1. The molecule has 0 radical (unpaired) electrons. The van der Waals surface area contributed by atoms with Gasteiger partial charge in [-0.15, -0.1) is 0 Å². The van der Waals surface area contributed by atoms with E-state index in [-0.39, 0.29) is 18.1 Å². The van der Waals surface area contributed by atoms with Gasteiger partial charge >= 0.3 is 0 Å². The smallest absolute Gasteiger partial charge is 0.271 e. The number of hydrogen-bond donors (Lipinski definition) is 1. The number of phenolic OH excluding ortho intramolecular Hbond substituents is 1. The highest BCUT2D eigenvalue weighted by Gasteiger charge is 2.12. The molecule has 0 aliphatic heterocycles. The minimum atomic E-state index is -3.61. The van der Waals surface area contributed by atoms with E-state index in [2.05, 4.69) is 0 Å². The summed E-state index contributed by atoms with van der Waals surface area (Å²) < 4.78 is 28.5. The van der Waals surface area contributed by atoms with Crippen LogP contribution in [0.2, 0.25) is 0 Å². The van der Waals surface area contributed by atoms with E-state index in [0.717, 1.165) is 0 Å². The van der Waals surface area contributed by atoms with Crippen molar-refractivity contribution in [3.63, 3.8) is 0 Å². The summed E-state index contributed by atoms with van der Waals surface area (Å²) in [5.74, 6) is -0.0118. The van der Waals surface area contributed by atoms with Gasteiger partial charge in [-0.1, -0.05) is 42.5 Å². The fourth-order valence-corrected chi connectivity index (χ4v) is 2.57. The lowest BCUT2D eigenvalue weighted by Gasteiger charge is -2.06. The van der Waals surface area contributed by atoms with Crippen LogP contribution >= 0.6 is 0 Å². The summed E-state index contributed by atoms with van der Waals surface area (Å²) in [4.78, 5) is 0. The van der Waals surface area contributed by atoms with Crippen LogP contribution in [0.25, 0.3) is 0 Å². The van der Waals surface area contributed by atoms with Gasteiger partial charge < -0.3 is 5.11 Å². The molecule has 0 aliphatic carbocycles. The molecular weight excluding hydrogens is 264 g/mol. The van der Waals surface area contributed by atoms with Crippen LogP contribution in [-0.2, 0) is 26.7 Å². The number of aromatic hydroxyl groups is 1. The molecule has 100 valence electrons. The van der Waals surface area contributed by atoms with Crippen LogP contribution in [0.5, 0.6) is 5.75 Å². The summed E-state index contributed by atoms with van der Waals surface area (Å²) in [6.07, 6.45) is 0. The summed E-state index contributed by atoms with van der Waals surface area (Å²) >= 11 is 0. The molecule has 2 aromatic carbocycles. The van der Waals surface area contributed by atoms with Crippen LogP contribution in [-0.4, -0.2) is 13.5 Å². The molecule has 0 heterocycles. The van der Waals surface area contributed by atoms with Crippen molar-refractivity contribution in [2.45, 2.75) is 12.4 Å². The molecule has 0 saturated heterocycles. The summed E-state index contributed by atoms with van der Waals surface area (Å²) in [5.41, 5.74) is 1.38. The topological polar surface area (TPSA) is 63.6 Å². The first kappa shape index (κ1) is 13.6. The van der Waals surface area contributed by atoms with Crippen molar-refractivity contribution in [3.05, 3.63) is 65.7 Å². The summed E-state index contributed by atoms with van der Waals surface area (Å²) in [6.45, 7) is -0.0323. The molecule has 0 unspecified atom stereocenters. The third-order valence-electron chi connectivity index (χ3n) is 2.53. The monoisotopic (exact) mass is 278 g/mol. The highest BCUT2D eigenvalue weighted by molar-refractivity contribution is 7.85. The molecule has 5 heteroatoms. The summed E-state index contributed by atoms with van der Waals surface area (Å²) in [5, 5.41) is 9.12.